The summed E-state index contributed by atoms with van der Waals surface area (Å²) in [5.74, 6) is 0.673. The molecule has 0 radical (unpaired) electrons. The highest BCUT2D eigenvalue weighted by atomic mass is 127. The second kappa shape index (κ2) is 6.48. The predicted molar refractivity (Wildman–Crippen MR) is 112 cm³/mol. The van der Waals surface area contributed by atoms with Gasteiger partial charge < -0.3 is 4.98 Å². The van der Waals surface area contributed by atoms with Crippen molar-refractivity contribution in [3.8, 4) is 0 Å². The van der Waals surface area contributed by atoms with Gasteiger partial charge in [-0.3, -0.25) is 9.36 Å². The minimum atomic E-state index is 0.00425. The first-order chi connectivity index (χ1) is 12.2. The van der Waals surface area contributed by atoms with Gasteiger partial charge in [-0.1, -0.05) is 18.2 Å². The summed E-state index contributed by atoms with van der Waals surface area (Å²) in [5.41, 5.74) is 2.91. The summed E-state index contributed by atoms with van der Waals surface area (Å²) in [6, 6.07) is 13.9. The van der Waals surface area contributed by atoms with Gasteiger partial charge in [0, 0.05) is 27.2 Å². The molecule has 2 aromatic heterocycles. The molecule has 1 N–H and O–H groups in total. The zero-order valence-electron chi connectivity index (χ0n) is 13.7. The molecule has 0 aliphatic rings. The molecule has 0 bridgehead atoms. The maximum Gasteiger partial charge on any atom is 0.261 e. The second-order valence-electron chi connectivity index (χ2n) is 5.80. The van der Waals surface area contributed by atoms with Crippen LogP contribution in [-0.2, 0) is 6.54 Å². The SMILES string of the molecule is CCn1c(C=Cc2c[nH]c3ccccc23)nc2ccc(I)cc2c1=O. The van der Waals surface area contributed by atoms with E-state index in [0.29, 0.717) is 17.8 Å². The maximum absolute atomic E-state index is 12.8. The lowest BCUT2D eigenvalue weighted by Crippen LogP contribution is -2.23. The maximum atomic E-state index is 12.8. The number of nitrogens with zero attached hydrogens (tertiary/aromatic N) is 2. The fourth-order valence-electron chi connectivity index (χ4n) is 3.04. The van der Waals surface area contributed by atoms with E-state index < -0.39 is 0 Å². The number of fused-ring (bicyclic) bond motifs is 2. The van der Waals surface area contributed by atoms with Gasteiger partial charge in [0.25, 0.3) is 5.56 Å². The third kappa shape index (κ3) is 2.89. The molecule has 0 aliphatic carbocycles. The van der Waals surface area contributed by atoms with E-state index in [9.17, 15) is 4.79 Å². The van der Waals surface area contributed by atoms with Crippen LogP contribution in [0.5, 0.6) is 0 Å². The number of benzene rings is 2. The van der Waals surface area contributed by atoms with Crippen LogP contribution < -0.4 is 5.56 Å². The molecule has 0 amide bonds. The van der Waals surface area contributed by atoms with E-state index >= 15 is 0 Å². The van der Waals surface area contributed by atoms with Crippen LogP contribution in [0.4, 0.5) is 0 Å². The van der Waals surface area contributed by atoms with Crippen molar-refractivity contribution >= 4 is 56.5 Å². The lowest BCUT2D eigenvalue weighted by atomic mass is 10.1. The van der Waals surface area contributed by atoms with Gasteiger partial charge >= 0.3 is 0 Å². The van der Waals surface area contributed by atoms with E-state index in [1.54, 1.807) is 4.57 Å². The van der Waals surface area contributed by atoms with Gasteiger partial charge in [-0.05, 0) is 71.5 Å². The lowest BCUT2D eigenvalue weighted by molar-refractivity contribution is 0.708. The average molecular weight is 441 g/mol. The number of hydrogen-bond donors (Lipinski definition) is 1. The highest BCUT2D eigenvalue weighted by molar-refractivity contribution is 14.1. The summed E-state index contributed by atoms with van der Waals surface area (Å²) in [6.45, 7) is 2.55. The number of para-hydroxylation sites is 1. The molecule has 0 spiro atoms. The van der Waals surface area contributed by atoms with Crippen LogP contribution >= 0.6 is 22.6 Å². The Kier molecular flexibility index (Phi) is 4.17. The lowest BCUT2D eigenvalue weighted by Gasteiger charge is -2.09. The van der Waals surface area contributed by atoms with Gasteiger partial charge in [0.2, 0.25) is 0 Å². The molecule has 0 unspecified atom stereocenters. The smallest absolute Gasteiger partial charge is 0.261 e. The molecular weight excluding hydrogens is 425 g/mol. The topological polar surface area (TPSA) is 50.7 Å². The van der Waals surface area contributed by atoms with Crippen molar-refractivity contribution in [3.05, 3.63) is 74.0 Å². The van der Waals surface area contributed by atoms with Gasteiger partial charge in [-0.25, -0.2) is 4.98 Å². The second-order valence-corrected chi connectivity index (χ2v) is 7.05. The Labute approximate surface area is 158 Å². The van der Waals surface area contributed by atoms with Crippen LogP contribution in [0.25, 0.3) is 34.0 Å². The van der Waals surface area contributed by atoms with E-state index in [1.165, 1.54) is 0 Å². The van der Waals surface area contributed by atoms with Crippen molar-refractivity contribution in [1.82, 2.24) is 14.5 Å². The Bertz CT molecular complexity index is 1170. The minimum Gasteiger partial charge on any atom is -0.361 e. The normalized spacial score (nSPS) is 11.8. The highest BCUT2D eigenvalue weighted by Gasteiger charge is 2.08. The van der Waals surface area contributed by atoms with E-state index in [4.69, 9.17) is 4.98 Å². The predicted octanol–water partition coefficient (Wildman–Crippen LogP) is 4.67. The fraction of sp³-hybridized carbons (Fsp3) is 0.100. The summed E-state index contributed by atoms with van der Waals surface area (Å²) in [4.78, 5) is 20.7. The number of halogens is 1. The third-order valence-electron chi connectivity index (χ3n) is 4.30. The van der Waals surface area contributed by atoms with Gasteiger partial charge in [-0.15, -0.1) is 0 Å². The van der Waals surface area contributed by atoms with Crippen LogP contribution in [0, 0.1) is 3.57 Å². The fourth-order valence-corrected chi connectivity index (χ4v) is 3.53. The molecule has 5 heteroatoms. The van der Waals surface area contributed by atoms with Gasteiger partial charge in [0.1, 0.15) is 5.82 Å². The first kappa shape index (κ1) is 16.1. The summed E-state index contributed by atoms with van der Waals surface area (Å²) < 4.78 is 2.75. The average Bonchev–Trinajstić information content (AvgIpc) is 3.04. The van der Waals surface area contributed by atoms with Crippen LogP contribution in [0.3, 0.4) is 0 Å². The van der Waals surface area contributed by atoms with Crippen molar-refractivity contribution in [3.63, 3.8) is 0 Å². The van der Waals surface area contributed by atoms with Crippen LogP contribution in [-0.4, -0.2) is 14.5 Å². The third-order valence-corrected chi connectivity index (χ3v) is 4.97. The minimum absolute atomic E-state index is 0.00425. The standard InChI is InChI=1S/C20H16IN3O/c1-2-24-19(23-18-9-8-14(21)11-16(18)20(24)25)10-7-13-12-22-17-6-4-3-5-15(13)17/h3-12,22H,2H2,1H3. The Balaban J connectivity index is 1.86. The number of aromatic amines is 1. The quantitative estimate of drug-likeness (QED) is 0.470. The Morgan fingerprint density at radius 1 is 1.16 bits per heavy atom. The summed E-state index contributed by atoms with van der Waals surface area (Å²) >= 11 is 2.22. The Morgan fingerprint density at radius 3 is 2.84 bits per heavy atom. The van der Waals surface area contributed by atoms with Crippen LogP contribution in [0.1, 0.15) is 18.3 Å². The van der Waals surface area contributed by atoms with Gasteiger partial charge in [0.15, 0.2) is 0 Å². The highest BCUT2D eigenvalue weighted by Crippen LogP contribution is 2.20. The van der Waals surface area contributed by atoms with Crippen molar-refractivity contribution < 1.29 is 0 Å². The van der Waals surface area contributed by atoms with Crippen LogP contribution in [0.2, 0.25) is 0 Å². The zero-order chi connectivity index (χ0) is 17.4. The summed E-state index contributed by atoms with van der Waals surface area (Å²) in [7, 11) is 0. The molecule has 0 saturated heterocycles. The van der Waals surface area contributed by atoms with Crippen molar-refractivity contribution in [2.75, 3.05) is 0 Å². The van der Waals surface area contributed by atoms with Gasteiger partial charge in [0.05, 0.1) is 10.9 Å². The van der Waals surface area contributed by atoms with E-state index in [1.807, 2.05) is 61.7 Å². The first-order valence-electron chi connectivity index (χ1n) is 8.11. The molecule has 4 rings (SSSR count). The number of H-pyrrole nitrogens is 1. The molecule has 4 nitrogen and oxygen atoms in total. The Morgan fingerprint density at radius 2 is 2.00 bits per heavy atom. The van der Waals surface area contributed by atoms with E-state index in [-0.39, 0.29) is 5.56 Å². The van der Waals surface area contributed by atoms with Crippen molar-refractivity contribution in [2.24, 2.45) is 0 Å². The number of aromatic nitrogens is 3. The molecule has 2 heterocycles. The van der Waals surface area contributed by atoms with E-state index in [2.05, 4.69) is 33.6 Å². The van der Waals surface area contributed by atoms with Crippen molar-refractivity contribution in [1.29, 1.82) is 0 Å². The number of rotatable bonds is 3. The van der Waals surface area contributed by atoms with Crippen LogP contribution in [0.15, 0.2) is 53.5 Å². The zero-order valence-corrected chi connectivity index (χ0v) is 15.8. The molecule has 0 saturated carbocycles. The monoisotopic (exact) mass is 441 g/mol. The molecule has 0 fully saturated rings. The summed E-state index contributed by atoms with van der Waals surface area (Å²) in [5, 5.41) is 1.82. The summed E-state index contributed by atoms with van der Waals surface area (Å²) in [6.07, 6.45) is 5.89. The molecule has 25 heavy (non-hydrogen) atoms. The van der Waals surface area contributed by atoms with E-state index in [0.717, 1.165) is 25.6 Å². The molecule has 0 aliphatic heterocycles. The number of nitrogens with one attached hydrogen (secondary N) is 1. The largest absolute Gasteiger partial charge is 0.361 e. The number of hydrogen-bond acceptors (Lipinski definition) is 2. The molecule has 2 aromatic carbocycles. The van der Waals surface area contributed by atoms with Gasteiger partial charge in [-0.2, -0.15) is 0 Å². The Hall–Kier alpha value is -2.41. The van der Waals surface area contributed by atoms with Crippen molar-refractivity contribution in [2.45, 2.75) is 13.5 Å². The first-order valence-corrected chi connectivity index (χ1v) is 9.19. The molecule has 4 aromatic rings. The molecular formula is C20H16IN3O. The molecule has 0 atom stereocenters. The molecule has 124 valence electrons.